The Labute approximate surface area is 232 Å². The predicted octanol–water partition coefficient (Wildman–Crippen LogP) is 4.99. The van der Waals surface area contributed by atoms with Gasteiger partial charge in [-0.3, -0.25) is 9.97 Å². The highest BCUT2D eigenvalue weighted by molar-refractivity contribution is 6.87. The lowest BCUT2D eigenvalue weighted by atomic mass is 10.2. The highest BCUT2D eigenvalue weighted by Crippen LogP contribution is 2.26. The lowest BCUT2D eigenvalue weighted by molar-refractivity contribution is 0.0104. The topological polar surface area (TPSA) is 81.2 Å². The van der Waals surface area contributed by atoms with E-state index in [0.29, 0.717) is 16.6 Å². The molecule has 0 atom stereocenters. The zero-order valence-electron chi connectivity index (χ0n) is 25.3. The first kappa shape index (κ1) is 32.7. The van der Waals surface area contributed by atoms with Crippen molar-refractivity contribution < 1.29 is 26.6 Å². The summed E-state index contributed by atoms with van der Waals surface area (Å²) in [4.78, 5) is 9.49. The van der Waals surface area contributed by atoms with Crippen LogP contribution in [-0.4, -0.2) is 64.2 Å². The molecule has 0 radical (unpaired) electrons. The second-order valence-electron chi connectivity index (χ2n) is 10.9. The van der Waals surface area contributed by atoms with E-state index < -0.39 is 17.6 Å². The van der Waals surface area contributed by atoms with E-state index in [4.69, 9.17) is 31.5 Å². The van der Waals surface area contributed by atoms with Crippen molar-refractivity contribution in [2.45, 2.75) is 120 Å². The summed E-state index contributed by atoms with van der Waals surface area (Å²) in [6, 6.07) is 7.65. The number of hydrogen-bond acceptors (Lipinski definition) is 8. The van der Waals surface area contributed by atoms with Crippen LogP contribution >= 0.6 is 0 Å². The smallest absolute Gasteiger partial charge is 0.367 e. The van der Waals surface area contributed by atoms with E-state index in [9.17, 15) is 0 Å². The zero-order chi connectivity index (χ0) is 28.7. The fourth-order valence-corrected chi connectivity index (χ4v) is 11.4. The van der Waals surface area contributed by atoms with E-state index in [1.54, 1.807) is 12.4 Å². The Bertz CT molecular complexity index is 934. The molecular formula is C28H48N2O6Si2. The van der Waals surface area contributed by atoms with Gasteiger partial charge in [0.15, 0.2) is 0 Å². The van der Waals surface area contributed by atoms with Crippen molar-refractivity contribution in [1.29, 1.82) is 0 Å². The molecule has 0 saturated carbocycles. The first-order valence-electron chi connectivity index (χ1n) is 13.7. The fraction of sp³-hybridized carbons (Fsp3) is 0.643. The molecule has 0 spiro atoms. The summed E-state index contributed by atoms with van der Waals surface area (Å²) in [7, 11) is -7.31. The Hall–Kier alpha value is -1.51. The normalized spacial score (nSPS) is 13.2. The SMILES string of the molecule is CC(C)O[Si](OC(C)C)(OC(C)C)c1ccnc(-c2ccccn2)c1[Si](OC(C)C)(OC(C)C)OC(C)C. The van der Waals surface area contributed by atoms with Crippen molar-refractivity contribution in [3.8, 4) is 11.4 Å². The van der Waals surface area contributed by atoms with E-state index >= 15 is 0 Å². The van der Waals surface area contributed by atoms with Crippen molar-refractivity contribution in [2.75, 3.05) is 0 Å². The molecule has 0 amide bonds. The molecule has 2 rings (SSSR count). The molecule has 2 aromatic rings. The van der Waals surface area contributed by atoms with Gasteiger partial charge in [0.25, 0.3) is 0 Å². The summed E-state index contributed by atoms with van der Waals surface area (Å²) in [6.07, 6.45) is 2.42. The molecule has 10 heteroatoms. The summed E-state index contributed by atoms with van der Waals surface area (Å²) in [6.45, 7) is 23.8. The third-order valence-corrected chi connectivity index (χ3v) is 12.0. The maximum atomic E-state index is 6.74. The van der Waals surface area contributed by atoms with Crippen molar-refractivity contribution >= 4 is 28.0 Å². The quantitative estimate of drug-likeness (QED) is 0.280. The second-order valence-corrected chi connectivity index (χ2v) is 15.6. The molecule has 2 heterocycles. The number of pyridine rings is 2. The van der Waals surface area contributed by atoms with Crippen LogP contribution in [0.3, 0.4) is 0 Å². The monoisotopic (exact) mass is 564 g/mol. The van der Waals surface area contributed by atoms with Gasteiger partial charge in [-0.05, 0) is 101 Å². The van der Waals surface area contributed by atoms with Crippen LogP contribution < -0.4 is 10.4 Å². The Morgan fingerprint density at radius 2 is 0.921 bits per heavy atom. The van der Waals surface area contributed by atoms with Crippen LogP contribution in [0.5, 0.6) is 0 Å². The van der Waals surface area contributed by atoms with Gasteiger partial charge in [-0.15, -0.1) is 0 Å². The molecule has 0 saturated heterocycles. The standard InChI is InChI=1S/C28H48N2O6Si2/c1-19(2)31-37(32-20(3)4,33-21(5)6)26-16-18-30-27(25-15-13-14-17-29-25)28(26)38(34-22(7)8,35-23(9)10)36-24(11)12/h13-24H,1-12H3. The highest BCUT2D eigenvalue weighted by Gasteiger charge is 2.58. The van der Waals surface area contributed by atoms with Gasteiger partial charge in [0.05, 0.1) is 16.6 Å². The first-order valence-corrected chi connectivity index (χ1v) is 17.1. The number of rotatable bonds is 15. The van der Waals surface area contributed by atoms with Gasteiger partial charge in [-0.1, -0.05) is 6.07 Å². The van der Waals surface area contributed by atoms with Crippen LogP contribution in [0.1, 0.15) is 83.1 Å². The molecule has 0 aliphatic carbocycles. The molecular weight excluding hydrogens is 516 g/mol. The van der Waals surface area contributed by atoms with Gasteiger partial charge in [-0.2, -0.15) is 0 Å². The molecule has 0 aliphatic heterocycles. The molecule has 0 fully saturated rings. The van der Waals surface area contributed by atoms with Crippen LogP contribution in [0.25, 0.3) is 11.4 Å². The number of aromatic nitrogens is 2. The van der Waals surface area contributed by atoms with Crippen LogP contribution in [0, 0.1) is 0 Å². The summed E-state index contributed by atoms with van der Waals surface area (Å²) in [5.41, 5.74) is 1.29. The minimum absolute atomic E-state index is 0.169. The van der Waals surface area contributed by atoms with Crippen molar-refractivity contribution in [1.82, 2.24) is 9.97 Å². The molecule has 0 bridgehead atoms. The van der Waals surface area contributed by atoms with Crippen LogP contribution in [0.2, 0.25) is 0 Å². The second kappa shape index (κ2) is 14.2. The highest BCUT2D eigenvalue weighted by atomic mass is 28.4. The maximum Gasteiger partial charge on any atom is 0.540 e. The minimum atomic E-state index is -3.70. The van der Waals surface area contributed by atoms with Gasteiger partial charge in [0.1, 0.15) is 0 Å². The van der Waals surface area contributed by atoms with Gasteiger partial charge in [0.2, 0.25) is 0 Å². The lowest BCUT2D eigenvalue weighted by Gasteiger charge is -2.40. The van der Waals surface area contributed by atoms with E-state index in [2.05, 4.69) is 4.98 Å². The molecule has 0 unspecified atom stereocenters. The summed E-state index contributed by atoms with van der Waals surface area (Å²) < 4.78 is 40.3. The average Bonchev–Trinajstić information content (AvgIpc) is 2.76. The molecule has 8 nitrogen and oxygen atoms in total. The Balaban J connectivity index is 3.14. The summed E-state index contributed by atoms with van der Waals surface area (Å²) >= 11 is 0. The van der Waals surface area contributed by atoms with Crippen LogP contribution in [0.15, 0.2) is 36.7 Å². The van der Waals surface area contributed by atoms with Crippen molar-refractivity contribution in [3.63, 3.8) is 0 Å². The molecule has 2 aromatic heterocycles. The summed E-state index contributed by atoms with van der Waals surface area (Å²) in [5, 5.41) is 1.42. The lowest BCUT2D eigenvalue weighted by Crippen LogP contribution is -2.72. The van der Waals surface area contributed by atoms with Gasteiger partial charge in [-0.25, -0.2) is 0 Å². The van der Waals surface area contributed by atoms with Gasteiger partial charge < -0.3 is 26.6 Å². The maximum absolute atomic E-state index is 6.74. The first-order chi connectivity index (χ1) is 17.7. The molecule has 0 aliphatic rings. The third kappa shape index (κ3) is 8.75. The van der Waals surface area contributed by atoms with E-state index in [1.807, 2.05) is 107 Å². The number of nitrogens with zero attached hydrogens (tertiary/aromatic N) is 2. The molecule has 214 valence electrons. The van der Waals surface area contributed by atoms with Gasteiger partial charge in [0, 0.05) is 54.2 Å². The Morgan fingerprint density at radius 3 is 1.29 bits per heavy atom. The fourth-order valence-electron chi connectivity index (χ4n) is 4.12. The predicted molar refractivity (Wildman–Crippen MR) is 156 cm³/mol. The Kier molecular flexibility index (Phi) is 12.2. The van der Waals surface area contributed by atoms with Crippen LogP contribution in [0.4, 0.5) is 0 Å². The van der Waals surface area contributed by atoms with Gasteiger partial charge >= 0.3 is 17.6 Å². The molecule has 0 N–H and O–H groups in total. The average molecular weight is 565 g/mol. The minimum Gasteiger partial charge on any atom is -0.367 e. The Morgan fingerprint density at radius 1 is 0.500 bits per heavy atom. The van der Waals surface area contributed by atoms with Crippen molar-refractivity contribution in [3.05, 3.63) is 36.7 Å². The van der Waals surface area contributed by atoms with E-state index in [-0.39, 0.29) is 36.6 Å². The summed E-state index contributed by atoms with van der Waals surface area (Å²) in [5.74, 6) is 0. The largest absolute Gasteiger partial charge is 0.540 e. The number of hydrogen-bond donors (Lipinski definition) is 0. The van der Waals surface area contributed by atoms with Crippen molar-refractivity contribution in [2.24, 2.45) is 0 Å². The van der Waals surface area contributed by atoms with E-state index in [1.165, 1.54) is 0 Å². The zero-order valence-corrected chi connectivity index (χ0v) is 27.3. The van der Waals surface area contributed by atoms with Crippen LogP contribution in [-0.2, 0) is 26.6 Å². The van der Waals surface area contributed by atoms with E-state index in [0.717, 1.165) is 5.19 Å². The molecule has 0 aromatic carbocycles. The third-order valence-electron chi connectivity index (χ3n) is 4.84. The molecule has 38 heavy (non-hydrogen) atoms.